The Morgan fingerprint density at radius 1 is 0.968 bits per heavy atom. The van der Waals surface area contributed by atoms with Crippen molar-refractivity contribution in [2.75, 3.05) is 0 Å². The van der Waals surface area contributed by atoms with Gasteiger partial charge in [-0.3, -0.25) is 9.59 Å². The molecular weight excluding hydrogens is 390 g/mol. The fourth-order valence-corrected chi connectivity index (χ4v) is 3.29. The first-order valence-corrected chi connectivity index (χ1v) is 9.91. The highest BCUT2D eigenvalue weighted by Crippen LogP contribution is 2.23. The number of carbonyl (C=O) groups is 1. The quantitative estimate of drug-likeness (QED) is 0.376. The molecule has 0 radical (unpaired) electrons. The molecule has 1 aromatic heterocycles. The number of nitriles is 1. The summed E-state index contributed by atoms with van der Waals surface area (Å²) in [5, 5.41) is 9.43. The normalized spacial score (nSPS) is 10.5. The van der Waals surface area contributed by atoms with Crippen molar-refractivity contribution >= 4 is 16.9 Å². The Hall–Kier alpha value is -4.24. The number of carbonyl (C=O) groups excluding carboxylic acids is 1. The first-order chi connectivity index (χ1) is 15.1. The van der Waals surface area contributed by atoms with E-state index in [0.717, 1.165) is 11.1 Å². The number of H-pyrrole nitrogens is 1. The third-order valence-corrected chi connectivity index (χ3v) is 4.89. The molecule has 1 heterocycles. The largest absolute Gasteiger partial charge is 0.427 e. The van der Waals surface area contributed by atoms with Crippen molar-refractivity contribution in [1.29, 1.82) is 5.26 Å². The summed E-state index contributed by atoms with van der Waals surface area (Å²) in [7, 11) is 0. The maximum absolute atomic E-state index is 12.2. The molecule has 0 unspecified atom stereocenters. The summed E-state index contributed by atoms with van der Waals surface area (Å²) in [4.78, 5) is 31.5. The smallest absolute Gasteiger partial charge is 0.311 e. The zero-order valence-corrected chi connectivity index (χ0v) is 16.7. The second-order valence-corrected chi connectivity index (χ2v) is 7.07. The van der Waals surface area contributed by atoms with Crippen LogP contribution in [0, 0.1) is 11.3 Å². The molecule has 31 heavy (non-hydrogen) atoms. The van der Waals surface area contributed by atoms with E-state index in [9.17, 15) is 9.59 Å². The van der Waals surface area contributed by atoms with Gasteiger partial charge in [-0.25, -0.2) is 4.98 Å². The lowest BCUT2D eigenvalue weighted by atomic mass is 10.0. The monoisotopic (exact) mass is 409 g/mol. The van der Waals surface area contributed by atoms with E-state index < -0.39 is 0 Å². The number of aryl methyl sites for hydroxylation is 1. The van der Waals surface area contributed by atoms with E-state index in [0.29, 0.717) is 40.9 Å². The van der Waals surface area contributed by atoms with Gasteiger partial charge in [0.25, 0.3) is 5.56 Å². The van der Waals surface area contributed by atoms with Crippen LogP contribution in [0.5, 0.6) is 5.75 Å². The Labute approximate surface area is 178 Å². The molecule has 0 bridgehead atoms. The number of aromatic amines is 1. The molecule has 0 spiro atoms. The lowest BCUT2D eigenvalue weighted by Crippen LogP contribution is -2.13. The van der Waals surface area contributed by atoms with Gasteiger partial charge < -0.3 is 9.72 Å². The van der Waals surface area contributed by atoms with Crippen LogP contribution in [0.4, 0.5) is 0 Å². The molecule has 152 valence electrons. The summed E-state index contributed by atoms with van der Waals surface area (Å²) in [5.41, 5.74) is 3.03. The van der Waals surface area contributed by atoms with Gasteiger partial charge in [0, 0.05) is 12.8 Å². The summed E-state index contributed by atoms with van der Waals surface area (Å²) in [5.74, 6) is 0.692. The molecule has 1 N–H and O–H groups in total. The van der Waals surface area contributed by atoms with Gasteiger partial charge >= 0.3 is 5.97 Å². The SMILES string of the molecule is N#Cc1ccc(-c2ccc(OC(=O)CCCc3nc4ccccc4c(=O)[nH]3)cc2)cc1. The maximum Gasteiger partial charge on any atom is 0.311 e. The third kappa shape index (κ3) is 4.85. The van der Waals surface area contributed by atoms with E-state index in [1.807, 2.05) is 30.3 Å². The molecule has 0 aliphatic carbocycles. The summed E-state index contributed by atoms with van der Waals surface area (Å²) in [6.07, 6.45) is 1.21. The molecule has 3 aromatic carbocycles. The number of benzene rings is 3. The average Bonchev–Trinajstić information content (AvgIpc) is 2.80. The standard InChI is InChI=1S/C25H19N3O3/c26-16-17-8-10-18(11-9-17)19-12-14-20(15-13-19)31-24(29)7-3-6-23-27-22-5-2-1-4-21(22)25(30)28-23/h1-2,4-5,8-15H,3,6-7H2,(H,27,28,30). The highest BCUT2D eigenvalue weighted by molar-refractivity contribution is 5.77. The van der Waals surface area contributed by atoms with Gasteiger partial charge in [-0.05, 0) is 53.9 Å². The zero-order chi connectivity index (χ0) is 21.6. The zero-order valence-electron chi connectivity index (χ0n) is 16.7. The van der Waals surface area contributed by atoms with E-state index in [4.69, 9.17) is 10.00 Å². The van der Waals surface area contributed by atoms with Crippen molar-refractivity contribution in [2.24, 2.45) is 0 Å². The number of esters is 1. The number of para-hydroxylation sites is 1. The number of fused-ring (bicyclic) bond motifs is 1. The van der Waals surface area contributed by atoms with Crippen LogP contribution in [0.3, 0.4) is 0 Å². The van der Waals surface area contributed by atoms with Crippen molar-refractivity contribution in [3.8, 4) is 22.9 Å². The van der Waals surface area contributed by atoms with Crippen LogP contribution < -0.4 is 10.3 Å². The lowest BCUT2D eigenvalue weighted by Gasteiger charge is -2.07. The Kier molecular flexibility index (Phi) is 5.86. The van der Waals surface area contributed by atoms with Gasteiger partial charge in [0.1, 0.15) is 11.6 Å². The highest BCUT2D eigenvalue weighted by atomic mass is 16.5. The van der Waals surface area contributed by atoms with Crippen molar-refractivity contribution in [2.45, 2.75) is 19.3 Å². The molecule has 0 atom stereocenters. The van der Waals surface area contributed by atoms with Crippen LogP contribution in [-0.2, 0) is 11.2 Å². The molecule has 0 aliphatic rings. The molecular formula is C25H19N3O3. The fourth-order valence-electron chi connectivity index (χ4n) is 3.29. The molecule has 0 aliphatic heterocycles. The molecule has 0 saturated carbocycles. The van der Waals surface area contributed by atoms with Gasteiger partial charge in [-0.2, -0.15) is 5.26 Å². The van der Waals surface area contributed by atoms with Crippen LogP contribution in [0.15, 0.2) is 77.6 Å². The number of aromatic nitrogens is 2. The van der Waals surface area contributed by atoms with Crippen molar-refractivity contribution in [1.82, 2.24) is 9.97 Å². The van der Waals surface area contributed by atoms with E-state index >= 15 is 0 Å². The van der Waals surface area contributed by atoms with E-state index in [2.05, 4.69) is 16.0 Å². The minimum Gasteiger partial charge on any atom is -0.427 e. The number of nitrogens with zero attached hydrogens (tertiary/aromatic N) is 2. The van der Waals surface area contributed by atoms with Gasteiger partial charge in [0.05, 0.1) is 22.5 Å². The summed E-state index contributed by atoms with van der Waals surface area (Å²) >= 11 is 0. The fraction of sp³-hybridized carbons (Fsp3) is 0.120. The minimum absolute atomic E-state index is 0.175. The number of hydrogen-bond acceptors (Lipinski definition) is 5. The van der Waals surface area contributed by atoms with E-state index in [-0.39, 0.29) is 17.9 Å². The first-order valence-electron chi connectivity index (χ1n) is 9.91. The van der Waals surface area contributed by atoms with E-state index in [1.54, 1.807) is 42.5 Å². The molecule has 4 aromatic rings. The summed E-state index contributed by atoms with van der Waals surface area (Å²) in [6, 6.07) is 23.8. The predicted octanol–water partition coefficient (Wildman–Crippen LogP) is 4.39. The number of nitrogens with one attached hydrogen (secondary N) is 1. The third-order valence-electron chi connectivity index (χ3n) is 4.89. The van der Waals surface area contributed by atoms with E-state index in [1.165, 1.54) is 0 Å². The van der Waals surface area contributed by atoms with Gasteiger partial charge in [0.2, 0.25) is 0 Å². The molecule has 4 rings (SSSR count). The van der Waals surface area contributed by atoms with Crippen LogP contribution in [0.25, 0.3) is 22.0 Å². The van der Waals surface area contributed by atoms with Gasteiger partial charge in [-0.1, -0.05) is 36.4 Å². The second-order valence-electron chi connectivity index (χ2n) is 7.07. The number of rotatable bonds is 6. The van der Waals surface area contributed by atoms with Crippen molar-refractivity contribution < 1.29 is 9.53 Å². The molecule has 0 amide bonds. The topological polar surface area (TPSA) is 95.8 Å². The summed E-state index contributed by atoms with van der Waals surface area (Å²) < 4.78 is 5.40. The van der Waals surface area contributed by atoms with Gasteiger partial charge in [-0.15, -0.1) is 0 Å². The lowest BCUT2D eigenvalue weighted by molar-refractivity contribution is -0.134. The van der Waals surface area contributed by atoms with Crippen LogP contribution in [0.2, 0.25) is 0 Å². The van der Waals surface area contributed by atoms with Crippen molar-refractivity contribution in [3.63, 3.8) is 0 Å². The van der Waals surface area contributed by atoms with Crippen LogP contribution >= 0.6 is 0 Å². The highest BCUT2D eigenvalue weighted by Gasteiger charge is 2.08. The average molecular weight is 409 g/mol. The Morgan fingerprint density at radius 2 is 1.65 bits per heavy atom. The predicted molar refractivity (Wildman–Crippen MR) is 118 cm³/mol. The number of ether oxygens (including phenoxy) is 1. The van der Waals surface area contributed by atoms with Crippen molar-refractivity contribution in [3.05, 3.63) is 94.5 Å². The summed E-state index contributed by atoms with van der Waals surface area (Å²) in [6.45, 7) is 0. The number of hydrogen-bond donors (Lipinski definition) is 1. The Bertz CT molecular complexity index is 1320. The molecule has 0 saturated heterocycles. The Balaban J connectivity index is 1.31. The molecule has 6 nitrogen and oxygen atoms in total. The van der Waals surface area contributed by atoms with Gasteiger partial charge in [0.15, 0.2) is 0 Å². The van der Waals surface area contributed by atoms with Crippen LogP contribution in [0.1, 0.15) is 24.2 Å². The molecule has 0 fully saturated rings. The maximum atomic E-state index is 12.2. The second kappa shape index (κ2) is 9.06. The Morgan fingerprint density at radius 3 is 2.35 bits per heavy atom. The van der Waals surface area contributed by atoms with Crippen LogP contribution in [-0.4, -0.2) is 15.9 Å². The molecule has 6 heteroatoms. The minimum atomic E-state index is -0.339. The first kappa shape index (κ1) is 20.0.